The SMILES string of the molecule is O=C(O)CC1(CC(=O)O)C(=O)N(c2ccccc2)c2ccccc21. The summed E-state index contributed by atoms with van der Waals surface area (Å²) in [7, 11) is 0. The molecular formula is C18H15NO5. The number of aliphatic carboxylic acids is 2. The summed E-state index contributed by atoms with van der Waals surface area (Å²) >= 11 is 0. The molecule has 0 fully saturated rings. The molecule has 0 unspecified atom stereocenters. The third-order valence-electron chi connectivity index (χ3n) is 4.19. The fraction of sp³-hybridized carbons (Fsp3) is 0.167. The van der Waals surface area contributed by atoms with Crippen molar-refractivity contribution >= 4 is 29.2 Å². The van der Waals surface area contributed by atoms with E-state index >= 15 is 0 Å². The van der Waals surface area contributed by atoms with E-state index in [1.54, 1.807) is 54.6 Å². The second kappa shape index (κ2) is 5.81. The molecule has 0 bridgehead atoms. The van der Waals surface area contributed by atoms with Crippen molar-refractivity contribution in [3.8, 4) is 0 Å². The Morgan fingerprint density at radius 1 is 0.875 bits per heavy atom. The largest absolute Gasteiger partial charge is 0.481 e. The first-order chi connectivity index (χ1) is 11.5. The number of hydrogen-bond acceptors (Lipinski definition) is 3. The highest BCUT2D eigenvalue weighted by Crippen LogP contribution is 2.49. The second-order valence-corrected chi connectivity index (χ2v) is 5.72. The summed E-state index contributed by atoms with van der Waals surface area (Å²) in [6.45, 7) is 0. The topological polar surface area (TPSA) is 94.9 Å². The maximum absolute atomic E-state index is 13.2. The predicted octanol–water partition coefficient (Wildman–Crippen LogP) is 2.55. The van der Waals surface area contributed by atoms with Crippen molar-refractivity contribution in [1.29, 1.82) is 0 Å². The number of para-hydroxylation sites is 2. The number of amides is 1. The van der Waals surface area contributed by atoms with Crippen LogP contribution in [0.1, 0.15) is 18.4 Å². The Kier molecular flexibility index (Phi) is 3.81. The number of hydrogen-bond donors (Lipinski definition) is 2. The van der Waals surface area contributed by atoms with Crippen molar-refractivity contribution in [2.24, 2.45) is 0 Å². The normalized spacial score (nSPS) is 15.2. The van der Waals surface area contributed by atoms with Gasteiger partial charge in [-0.05, 0) is 23.8 Å². The number of carboxylic acid groups (broad SMARTS) is 2. The first-order valence-corrected chi connectivity index (χ1v) is 7.38. The number of carbonyl (C=O) groups excluding carboxylic acids is 1. The lowest BCUT2D eigenvalue weighted by Crippen LogP contribution is -2.42. The zero-order valence-corrected chi connectivity index (χ0v) is 12.7. The number of carboxylic acids is 2. The molecule has 0 radical (unpaired) electrons. The second-order valence-electron chi connectivity index (χ2n) is 5.72. The summed E-state index contributed by atoms with van der Waals surface area (Å²) in [5, 5.41) is 18.6. The van der Waals surface area contributed by atoms with E-state index in [0.717, 1.165) is 0 Å². The minimum Gasteiger partial charge on any atom is -0.481 e. The molecule has 6 heteroatoms. The van der Waals surface area contributed by atoms with Gasteiger partial charge < -0.3 is 10.2 Å². The first-order valence-electron chi connectivity index (χ1n) is 7.38. The lowest BCUT2D eigenvalue weighted by molar-refractivity contribution is -0.145. The highest BCUT2D eigenvalue weighted by atomic mass is 16.4. The van der Waals surface area contributed by atoms with E-state index in [0.29, 0.717) is 16.9 Å². The Hall–Kier alpha value is -3.15. The number of benzene rings is 2. The van der Waals surface area contributed by atoms with Crippen molar-refractivity contribution in [2.75, 3.05) is 4.90 Å². The number of rotatable bonds is 5. The molecule has 122 valence electrons. The van der Waals surface area contributed by atoms with Crippen molar-refractivity contribution in [2.45, 2.75) is 18.3 Å². The molecule has 0 atom stereocenters. The number of nitrogens with zero attached hydrogens (tertiary/aromatic N) is 1. The summed E-state index contributed by atoms with van der Waals surface area (Å²) in [5.41, 5.74) is -0.0724. The van der Waals surface area contributed by atoms with Crippen LogP contribution in [-0.4, -0.2) is 28.1 Å². The fourth-order valence-corrected chi connectivity index (χ4v) is 3.27. The average Bonchev–Trinajstić information content (AvgIpc) is 2.76. The lowest BCUT2D eigenvalue weighted by atomic mass is 9.76. The van der Waals surface area contributed by atoms with Crippen molar-refractivity contribution in [3.63, 3.8) is 0 Å². The van der Waals surface area contributed by atoms with Crippen molar-refractivity contribution in [3.05, 3.63) is 60.2 Å². The van der Waals surface area contributed by atoms with Crippen LogP contribution < -0.4 is 4.90 Å². The van der Waals surface area contributed by atoms with E-state index in [-0.39, 0.29) is 0 Å². The monoisotopic (exact) mass is 325 g/mol. The van der Waals surface area contributed by atoms with E-state index in [1.165, 1.54) is 4.90 Å². The Balaban J connectivity index is 2.22. The van der Waals surface area contributed by atoms with Gasteiger partial charge in [-0.15, -0.1) is 0 Å². The summed E-state index contributed by atoms with van der Waals surface area (Å²) in [6, 6.07) is 15.5. The lowest BCUT2D eigenvalue weighted by Gasteiger charge is -2.25. The molecule has 2 N–H and O–H groups in total. The summed E-state index contributed by atoms with van der Waals surface area (Å²) in [5.74, 6) is -2.96. The quantitative estimate of drug-likeness (QED) is 0.881. The van der Waals surface area contributed by atoms with Gasteiger partial charge in [0.2, 0.25) is 5.91 Å². The Morgan fingerprint density at radius 3 is 2.00 bits per heavy atom. The molecule has 0 aromatic heterocycles. The fourth-order valence-electron chi connectivity index (χ4n) is 3.27. The maximum atomic E-state index is 13.2. The number of carbonyl (C=O) groups is 3. The molecule has 0 spiro atoms. The Bertz CT molecular complexity index is 799. The van der Waals surface area contributed by atoms with Crippen LogP contribution in [0.5, 0.6) is 0 Å². The van der Waals surface area contributed by atoms with Gasteiger partial charge in [-0.3, -0.25) is 19.3 Å². The molecule has 0 saturated carbocycles. The van der Waals surface area contributed by atoms with Crippen molar-refractivity contribution in [1.82, 2.24) is 0 Å². The van der Waals surface area contributed by atoms with Gasteiger partial charge in [0.1, 0.15) is 0 Å². The summed E-state index contributed by atoms with van der Waals surface area (Å²) in [4.78, 5) is 37.3. The van der Waals surface area contributed by atoms with E-state index < -0.39 is 36.1 Å². The molecule has 6 nitrogen and oxygen atoms in total. The van der Waals surface area contributed by atoms with E-state index in [4.69, 9.17) is 0 Å². The first kappa shape index (κ1) is 15.7. The summed E-state index contributed by atoms with van der Waals surface area (Å²) < 4.78 is 0. The zero-order chi connectivity index (χ0) is 17.3. The van der Waals surface area contributed by atoms with Gasteiger partial charge in [-0.25, -0.2) is 0 Å². The third kappa shape index (κ3) is 2.42. The minimum absolute atomic E-state index is 0.434. The third-order valence-corrected chi connectivity index (χ3v) is 4.19. The standard InChI is InChI=1S/C18H15NO5/c20-15(21)10-18(11-16(22)23)13-8-4-5-9-14(13)19(17(18)24)12-6-2-1-3-7-12/h1-9H,10-11H2,(H,20,21)(H,22,23). The smallest absolute Gasteiger partial charge is 0.304 e. The molecule has 0 saturated heterocycles. The van der Waals surface area contributed by atoms with Gasteiger partial charge in [0.05, 0.1) is 23.9 Å². The average molecular weight is 325 g/mol. The van der Waals surface area contributed by atoms with Crippen LogP contribution in [0.25, 0.3) is 0 Å². The van der Waals surface area contributed by atoms with Gasteiger partial charge >= 0.3 is 11.9 Å². The van der Waals surface area contributed by atoms with Crippen LogP contribution in [-0.2, 0) is 19.8 Å². The van der Waals surface area contributed by atoms with E-state index in [9.17, 15) is 24.6 Å². The molecule has 1 aliphatic heterocycles. The van der Waals surface area contributed by atoms with Crippen LogP contribution in [0.2, 0.25) is 0 Å². The molecule has 3 rings (SSSR count). The molecule has 0 aliphatic carbocycles. The Labute approximate surface area is 138 Å². The number of anilines is 2. The van der Waals surface area contributed by atoms with Crippen LogP contribution in [0, 0.1) is 0 Å². The molecule has 1 aliphatic rings. The van der Waals surface area contributed by atoms with Crippen LogP contribution in [0.15, 0.2) is 54.6 Å². The number of fused-ring (bicyclic) bond motifs is 1. The molecule has 1 heterocycles. The van der Waals surface area contributed by atoms with Gasteiger partial charge in [0.15, 0.2) is 0 Å². The zero-order valence-electron chi connectivity index (χ0n) is 12.7. The molecule has 24 heavy (non-hydrogen) atoms. The predicted molar refractivity (Wildman–Crippen MR) is 86.2 cm³/mol. The van der Waals surface area contributed by atoms with Gasteiger partial charge in [0.25, 0.3) is 0 Å². The van der Waals surface area contributed by atoms with E-state index in [2.05, 4.69) is 0 Å². The minimum atomic E-state index is -1.61. The highest BCUT2D eigenvalue weighted by Gasteiger charge is 2.53. The van der Waals surface area contributed by atoms with Gasteiger partial charge in [-0.2, -0.15) is 0 Å². The van der Waals surface area contributed by atoms with E-state index in [1.807, 2.05) is 0 Å². The van der Waals surface area contributed by atoms with Crippen molar-refractivity contribution < 1.29 is 24.6 Å². The molecule has 1 amide bonds. The van der Waals surface area contributed by atoms with Crippen LogP contribution in [0.3, 0.4) is 0 Å². The molecule has 2 aromatic rings. The Morgan fingerprint density at radius 2 is 1.42 bits per heavy atom. The maximum Gasteiger partial charge on any atom is 0.304 e. The highest BCUT2D eigenvalue weighted by molar-refractivity contribution is 6.15. The molecule has 2 aromatic carbocycles. The van der Waals surface area contributed by atoms with Crippen LogP contribution >= 0.6 is 0 Å². The van der Waals surface area contributed by atoms with Crippen LogP contribution in [0.4, 0.5) is 11.4 Å². The van der Waals surface area contributed by atoms with Gasteiger partial charge in [0, 0.05) is 5.69 Å². The summed E-state index contributed by atoms with van der Waals surface area (Å²) in [6.07, 6.45) is -1.14. The molecular weight excluding hydrogens is 310 g/mol. The van der Waals surface area contributed by atoms with Gasteiger partial charge in [-0.1, -0.05) is 36.4 Å².